The monoisotopic (exact) mass is 332 g/mol. The predicted octanol–water partition coefficient (Wildman–Crippen LogP) is 3.09. The Balaban J connectivity index is 1.70. The fourth-order valence-electron chi connectivity index (χ4n) is 2.14. The Bertz CT molecular complexity index is 464. The molecule has 1 fully saturated rings. The van der Waals surface area contributed by atoms with Crippen LogP contribution in [0.1, 0.15) is 18.4 Å². The van der Waals surface area contributed by atoms with Gasteiger partial charge in [-0.05, 0) is 37.1 Å². The van der Waals surface area contributed by atoms with Crippen molar-refractivity contribution >= 4 is 40.9 Å². The number of hydrogen-bond donors (Lipinski definition) is 2. The maximum atomic E-state index is 11.8. The van der Waals surface area contributed by atoms with Crippen molar-refractivity contribution in [2.24, 2.45) is 0 Å². The molecule has 6 heteroatoms. The number of carbonyl (C=O) groups is 1. The highest BCUT2D eigenvalue weighted by Crippen LogP contribution is 2.24. The van der Waals surface area contributed by atoms with Gasteiger partial charge in [-0.3, -0.25) is 4.79 Å². The normalized spacial score (nSPS) is 18.8. The third-order valence-electron chi connectivity index (χ3n) is 3.17. The number of hydrogen-bond acceptors (Lipinski definition) is 3. The van der Waals surface area contributed by atoms with Gasteiger partial charge in [0, 0.05) is 28.4 Å². The van der Waals surface area contributed by atoms with Crippen LogP contribution in [0, 0.1) is 0 Å². The van der Waals surface area contributed by atoms with Crippen LogP contribution in [0.3, 0.4) is 0 Å². The molecule has 0 saturated carbocycles. The van der Waals surface area contributed by atoms with Crippen LogP contribution in [0.5, 0.6) is 0 Å². The maximum Gasteiger partial charge on any atom is 0.230 e. The van der Waals surface area contributed by atoms with E-state index in [1.807, 2.05) is 12.1 Å². The molecule has 1 aliphatic heterocycles. The van der Waals surface area contributed by atoms with E-state index in [4.69, 9.17) is 23.2 Å². The third-order valence-corrected chi connectivity index (χ3v) is 4.74. The summed E-state index contributed by atoms with van der Waals surface area (Å²) in [6.07, 6.45) is 2.19. The molecule has 1 atom stereocenters. The summed E-state index contributed by atoms with van der Waals surface area (Å²) in [5.41, 5.74) is 1.01. The Morgan fingerprint density at radius 1 is 1.45 bits per heavy atom. The molecule has 0 bridgehead atoms. The van der Waals surface area contributed by atoms with E-state index in [1.165, 1.54) is 0 Å². The van der Waals surface area contributed by atoms with Gasteiger partial charge in [-0.25, -0.2) is 0 Å². The zero-order chi connectivity index (χ0) is 14.4. The molecule has 1 heterocycles. The summed E-state index contributed by atoms with van der Waals surface area (Å²) in [5, 5.41) is 7.62. The van der Waals surface area contributed by atoms with E-state index in [1.54, 1.807) is 17.8 Å². The van der Waals surface area contributed by atoms with Crippen molar-refractivity contribution in [3.8, 4) is 0 Å². The van der Waals surface area contributed by atoms with Crippen molar-refractivity contribution in [3.63, 3.8) is 0 Å². The summed E-state index contributed by atoms with van der Waals surface area (Å²) in [7, 11) is 0. The molecule has 2 rings (SSSR count). The smallest absolute Gasteiger partial charge is 0.230 e. The second kappa shape index (κ2) is 8.13. The quantitative estimate of drug-likeness (QED) is 0.870. The first-order valence-electron chi connectivity index (χ1n) is 6.67. The van der Waals surface area contributed by atoms with Crippen LogP contribution in [0.15, 0.2) is 18.2 Å². The van der Waals surface area contributed by atoms with Crippen molar-refractivity contribution in [2.45, 2.75) is 24.6 Å². The Morgan fingerprint density at radius 2 is 2.30 bits per heavy atom. The molecule has 1 aliphatic rings. The van der Waals surface area contributed by atoms with E-state index < -0.39 is 0 Å². The van der Waals surface area contributed by atoms with Crippen LogP contribution in [-0.2, 0) is 10.5 Å². The first-order chi connectivity index (χ1) is 9.65. The van der Waals surface area contributed by atoms with Crippen molar-refractivity contribution in [3.05, 3.63) is 33.8 Å². The Hall–Kier alpha value is -0.420. The van der Waals surface area contributed by atoms with E-state index in [0.717, 1.165) is 31.5 Å². The number of amides is 1. The maximum absolute atomic E-state index is 11.8. The largest absolute Gasteiger partial charge is 0.351 e. The van der Waals surface area contributed by atoms with Gasteiger partial charge in [0.05, 0.1) is 5.75 Å². The minimum Gasteiger partial charge on any atom is -0.351 e. The average Bonchev–Trinajstić information content (AvgIpc) is 2.42. The molecule has 1 aromatic rings. The minimum atomic E-state index is 0.0915. The molecule has 0 spiro atoms. The van der Waals surface area contributed by atoms with E-state index in [-0.39, 0.29) is 11.9 Å². The molecular weight excluding hydrogens is 315 g/mol. The van der Waals surface area contributed by atoms with Gasteiger partial charge in [0.15, 0.2) is 0 Å². The van der Waals surface area contributed by atoms with Gasteiger partial charge >= 0.3 is 0 Å². The number of carbonyl (C=O) groups excluding carboxylic acids is 1. The summed E-state index contributed by atoms with van der Waals surface area (Å²) >= 11 is 13.5. The summed E-state index contributed by atoms with van der Waals surface area (Å²) in [6, 6.07) is 5.72. The lowest BCUT2D eigenvalue weighted by molar-refractivity contribution is -0.119. The van der Waals surface area contributed by atoms with Gasteiger partial charge in [-0.15, -0.1) is 11.8 Å². The zero-order valence-electron chi connectivity index (χ0n) is 11.1. The Kier molecular flexibility index (Phi) is 6.49. The molecule has 0 radical (unpaired) electrons. The Morgan fingerprint density at radius 3 is 3.00 bits per heavy atom. The molecule has 20 heavy (non-hydrogen) atoms. The molecule has 0 unspecified atom stereocenters. The van der Waals surface area contributed by atoms with Gasteiger partial charge in [0.25, 0.3) is 0 Å². The van der Waals surface area contributed by atoms with Crippen LogP contribution in [0.4, 0.5) is 0 Å². The molecule has 2 N–H and O–H groups in total. The zero-order valence-corrected chi connectivity index (χ0v) is 13.5. The average molecular weight is 333 g/mol. The SMILES string of the molecule is O=C(CSCc1ccc(Cl)cc1Cl)N[C@H]1CCCNC1. The van der Waals surface area contributed by atoms with Gasteiger partial charge in [0.2, 0.25) is 5.91 Å². The van der Waals surface area contributed by atoms with Crippen molar-refractivity contribution < 1.29 is 4.79 Å². The van der Waals surface area contributed by atoms with E-state index in [2.05, 4.69) is 10.6 Å². The van der Waals surface area contributed by atoms with Crippen LogP contribution in [0.2, 0.25) is 10.0 Å². The number of thioether (sulfide) groups is 1. The summed E-state index contributed by atoms with van der Waals surface area (Å²) in [6.45, 7) is 1.93. The summed E-state index contributed by atoms with van der Waals surface area (Å²) < 4.78 is 0. The van der Waals surface area contributed by atoms with Gasteiger partial charge in [0.1, 0.15) is 0 Å². The lowest BCUT2D eigenvalue weighted by atomic mass is 10.1. The third kappa shape index (κ3) is 5.17. The minimum absolute atomic E-state index is 0.0915. The summed E-state index contributed by atoms with van der Waals surface area (Å²) in [4.78, 5) is 11.8. The topological polar surface area (TPSA) is 41.1 Å². The number of nitrogens with one attached hydrogen (secondary N) is 2. The first-order valence-corrected chi connectivity index (χ1v) is 8.58. The summed E-state index contributed by atoms with van der Waals surface area (Å²) in [5.74, 6) is 1.26. The van der Waals surface area contributed by atoms with Crippen LogP contribution in [0.25, 0.3) is 0 Å². The molecule has 0 aliphatic carbocycles. The highest BCUT2D eigenvalue weighted by Gasteiger charge is 2.15. The molecule has 110 valence electrons. The molecule has 0 aromatic heterocycles. The fourth-order valence-corrected chi connectivity index (χ4v) is 3.53. The first kappa shape index (κ1) is 16.0. The van der Waals surface area contributed by atoms with Gasteiger partial charge < -0.3 is 10.6 Å². The van der Waals surface area contributed by atoms with Crippen molar-refractivity contribution in [2.75, 3.05) is 18.8 Å². The lowest BCUT2D eigenvalue weighted by Gasteiger charge is -2.23. The fraction of sp³-hybridized carbons (Fsp3) is 0.500. The molecule has 1 saturated heterocycles. The molecular formula is C14H18Cl2N2OS. The van der Waals surface area contributed by atoms with Crippen LogP contribution in [-0.4, -0.2) is 30.8 Å². The predicted molar refractivity (Wildman–Crippen MR) is 86.7 cm³/mol. The van der Waals surface area contributed by atoms with Crippen molar-refractivity contribution in [1.82, 2.24) is 10.6 Å². The van der Waals surface area contributed by atoms with E-state index in [0.29, 0.717) is 21.6 Å². The molecule has 3 nitrogen and oxygen atoms in total. The van der Waals surface area contributed by atoms with Gasteiger partial charge in [-0.1, -0.05) is 29.3 Å². The van der Waals surface area contributed by atoms with Crippen LogP contribution < -0.4 is 10.6 Å². The van der Waals surface area contributed by atoms with E-state index in [9.17, 15) is 4.79 Å². The molecule has 1 aromatic carbocycles. The number of rotatable bonds is 5. The van der Waals surface area contributed by atoms with Crippen LogP contribution >= 0.6 is 35.0 Å². The highest BCUT2D eigenvalue weighted by atomic mass is 35.5. The highest BCUT2D eigenvalue weighted by molar-refractivity contribution is 7.99. The number of piperidine rings is 1. The number of benzene rings is 1. The van der Waals surface area contributed by atoms with Crippen molar-refractivity contribution in [1.29, 1.82) is 0 Å². The lowest BCUT2D eigenvalue weighted by Crippen LogP contribution is -2.46. The van der Waals surface area contributed by atoms with E-state index >= 15 is 0 Å². The second-order valence-electron chi connectivity index (χ2n) is 4.84. The second-order valence-corrected chi connectivity index (χ2v) is 6.67. The standard InChI is InChI=1S/C14H18Cl2N2OS/c15-11-4-3-10(13(16)6-11)8-20-9-14(19)18-12-2-1-5-17-7-12/h3-4,6,12,17H,1-2,5,7-9H2,(H,18,19)/t12-/m0/s1. The number of halogens is 2. The molecule has 1 amide bonds. The Labute approximate surface area is 133 Å². The van der Waals surface area contributed by atoms with Gasteiger partial charge in [-0.2, -0.15) is 0 Å².